The van der Waals surface area contributed by atoms with Crippen LogP contribution in [0.1, 0.15) is 34.3 Å². The fourth-order valence-corrected chi connectivity index (χ4v) is 5.37. The Morgan fingerprint density at radius 1 is 1.11 bits per heavy atom. The van der Waals surface area contributed by atoms with Gasteiger partial charge in [-0.15, -0.1) is 0 Å². The quantitative estimate of drug-likeness (QED) is 0.426. The van der Waals surface area contributed by atoms with Crippen LogP contribution in [-0.4, -0.2) is 62.6 Å². The molecule has 2 aromatic heterocycles. The Morgan fingerprint density at radius 2 is 1.92 bits per heavy atom. The predicted molar refractivity (Wildman–Crippen MR) is 141 cm³/mol. The second-order valence-corrected chi connectivity index (χ2v) is 9.82. The number of H-pyrrole nitrogens is 1. The second kappa shape index (κ2) is 10.4. The molecule has 1 atom stereocenters. The van der Waals surface area contributed by atoms with Crippen LogP contribution in [0, 0.1) is 12.8 Å². The van der Waals surface area contributed by atoms with E-state index < -0.39 is 0 Å². The van der Waals surface area contributed by atoms with Crippen LogP contribution >= 0.6 is 0 Å². The van der Waals surface area contributed by atoms with E-state index in [1.54, 1.807) is 10.9 Å². The number of likely N-dealkylation sites (tertiary alicyclic amines) is 1. The molecule has 1 aliphatic rings. The molecule has 0 unspecified atom stereocenters. The summed E-state index contributed by atoms with van der Waals surface area (Å²) in [6.45, 7) is 3.74. The van der Waals surface area contributed by atoms with Gasteiger partial charge in [0.2, 0.25) is 5.91 Å². The number of carbonyl (C=O) groups is 2. The van der Waals surface area contributed by atoms with Crippen LogP contribution in [0.25, 0.3) is 10.9 Å². The Morgan fingerprint density at radius 3 is 2.67 bits per heavy atom. The van der Waals surface area contributed by atoms with Gasteiger partial charge in [0.05, 0.1) is 0 Å². The van der Waals surface area contributed by atoms with E-state index in [2.05, 4.69) is 41.3 Å². The molecule has 0 aliphatic carbocycles. The number of aryl methyl sites for hydroxylation is 1. The molecule has 3 heterocycles. The number of rotatable bonds is 7. The zero-order chi connectivity index (χ0) is 25.1. The monoisotopic (exact) mass is 483 g/mol. The molecule has 1 saturated heterocycles. The van der Waals surface area contributed by atoms with Crippen LogP contribution in [0.3, 0.4) is 0 Å². The van der Waals surface area contributed by atoms with E-state index in [0.29, 0.717) is 19.0 Å². The van der Waals surface area contributed by atoms with Crippen molar-refractivity contribution in [3.8, 4) is 0 Å². The highest BCUT2D eigenvalue weighted by atomic mass is 16.2. The number of aromatic amines is 1. The van der Waals surface area contributed by atoms with E-state index in [9.17, 15) is 9.59 Å². The molecule has 1 fully saturated rings. The third-order valence-corrected chi connectivity index (χ3v) is 7.61. The van der Waals surface area contributed by atoms with E-state index >= 15 is 0 Å². The van der Waals surface area contributed by atoms with Gasteiger partial charge in [-0.25, -0.2) is 0 Å². The maximum Gasteiger partial charge on any atom is 0.253 e. The summed E-state index contributed by atoms with van der Waals surface area (Å²) in [6, 6.07) is 18.1. The number of nitrogens with one attached hydrogen (secondary N) is 1. The number of aromatic nitrogens is 3. The first-order chi connectivity index (χ1) is 17.5. The van der Waals surface area contributed by atoms with Gasteiger partial charge < -0.3 is 14.8 Å². The maximum atomic E-state index is 13.2. The number of hydrogen-bond acceptors (Lipinski definition) is 3. The zero-order valence-electron chi connectivity index (χ0n) is 20.9. The molecule has 2 aromatic carbocycles. The first kappa shape index (κ1) is 23.9. The van der Waals surface area contributed by atoms with Crippen LogP contribution in [-0.2, 0) is 17.8 Å². The van der Waals surface area contributed by atoms with E-state index in [-0.39, 0.29) is 24.4 Å². The smallest absolute Gasteiger partial charge is 0.253 e. The van der Waals surface area contributed by atoms with Gasteiger partial charge in [0, 0.05) is 61.2 Å². The van der Waals surface area contributed by atoms with Crippen molar-refractivity contribution < 1.29 is 9.59 Å². The SMILES string of the molecule is Cc1ccccc1C[C@@H](C1CCN(C(=O)c2ccc3[nH]ccc3c2)CC1)N(C)C(=O)Cn1cccn1. The topological polar surface area (TPSA) is 74.2 Å². The Labute approximate surface area is 211 Å². The van der Waals surface area contributed by atoms with Crippen molar-refractivity contribution in [1.82, 2.24) is 24.6 Å². The lowest BCUT2D eigenvalue weighted by Crippen LogP contribution is -2.49. The summed E-state index contributed by atoms with van der Waals surface area (Å²) in [6.07, 6.45) is 7.94. The third kappa shape index (κ3) is 5.05. The van der Waals surface area contributed by atoms with E-state index in [1.165, 1.54) is 11.1 Å². The van der Waals surface area contributed by atoms with Gasteiger partial charge in [-0.2, -0.15) is 5.10 Å². The number of fused-ring (bicyclic) bond motifs is 1. The van der Waals surface area contributed by atoms with Gasteiger partial charge in [-0.05, 0) is 73.6 Å². The summed E-state index contributed by atoms with van der Waals surface area (Å²) in [4.78, 5) is 33.5. The Kier molecular flexibility index (Phi) is 6.89. The summed E-state index contributed by atoms with van der Waals surface area (Å²) in [7, 11) is 1.92. The summed E-state index contributed by atoms with van der Waals surface area (Å²) in [5, 5.41) is 5.25. The summed E-state index contributed by atoms with van der Waals surface area (Å²) < 4.78 is 1.67. The lowest BCUT2D eigenvalue weighted by molar-refractivity contribution is -0.134. The number of likely N-dealkylation sites (N-methyl/N-ethyl adjacent to an activating group) is 1. The van der Waals surface area contributed by atoms with Crippen molar-refractivity contribution in [3.63, 3.8) is 0 Å². The minimum Gasteiger partial charge on any atom is -0.361 e. The number of piperidine rings is 1. The molecular weight excluding hydrogens is 450 g/mol. The Balaban J connectivity index is 1.30. The largest absolute Gasteiger partial charge is 0.361 e. The normalized spacial score (nSPS) is 15.2. The summed E-state index contributed by atoms with van der Waals surface area (Å²) in [5.74, 6) is 0.443. The van der Waals surface area contributed by atoms with E-state index in [4.69, 9.17) is 0 Å². The molecule has 186 valence electrons. The number of hydrogen-bond donors (Lipinski definition) is 1. The molecule has 7 heteroatoms. The van der Waals surface area contributed by atoms with E-state index in [1.807, 2.05) is 59.6 Å². The second-order valence-electron chi connectivity index (χ2n) is 9.82. The van der Waals surface area contributed by atoms with Crippen molar-refractivity contribution in [1.29, 1.82) is 0 Å². The number of benzene rings is 2. The van der Waals surface area contributed by atoms with Gasteiger partial charge in [0.15, 0.2) is 0 Å². The molecule has 1 N–H and O–H groups in total. The molecule has 2 amide bonds. The Hall–Kier alpha value is -3.87. The summed E-state index contributed by atoms with van der Waals surface area (Å²) in [5.41, 5.74) is 4.26. The minimum absolute atomic E-state index is 0.0515. The Bertz CT molecular complexity index is 1330. The minimum atomic E-state index is 0.0515. The van der Waals surface area contributed by atoms with Crippen LogP contribution in [0.4, 0.5) is 0 Å². The zero-order valence-corrected chi connectivity index (χ0v) is 20.9. The average Bonchev–Trinajstić information content (AvgIpc) is 3.59. The number of nitrogens with zero attached hydrogens (tertiary/aromatic N) is 4. The maximum absolute atomic E-state index is 13.2. The molecule has 0 bridgehead atoms. The number of amides is 2. The predicted octanol–water partition coefficient (Wildman–Crippen LogP) is 4.29. The summed E-state index contributed by atoms with van der Waals surface area (Å²) >= 11 is 0. The van der Waals surface area contributed by atoms with Crippen LogP contribution in [0.5, 0.6) is 0 Å². The van der Waals surface area contributed by atoms with Crippen LogP contribution in [0.15, 0.2) is 73.2 Å². The van der Waals surface area contributed by atoms with Crippen molar-refractivity contribution >= 4 is 22.7 Å². The molecule has 7 nitrogen and oxygen atoms in total. The molecule has 36 heavy (non-hydrogen) atoms. The van der Waals surface area contributed by atoms with Crippen molar-refractivity contribution in [2.24, 2.45) is 5.92 Å². The van der Waals surface area contributed by atoms with Crippen molar-refractivity contribution in [3.05, 3.63) is 89.9 Å². The average molecular weight is 484 g/mol. The first-order valence-electron chi connectivity index (χ1n) is 12.6. The van der Waals surface area contributed by atoms with Gasteiger partial charge in [-0.1, -0.05) is 24.3 Å². The third-order valence-electron chi connectivity index (χ3n) is 7.61. The van der Waals surface area contributed by atoms with Gasteiger partial charge in [0.1, 0.15) is 6.54 Å². The van der Waals surface area contributed by atoms with Crippen molar-refractivity contribution in [2.45, 2.75) is 38.8 Å². The highest BCUT2D eigenvalue weighted by Crippen LogP contribution is 2.28. The number of carbonyl (C=O) groups excluding carboxylic acids is 2. The molecule has 4 aromatic rings. The fraction of sp³-hybridized carbons (Fsp3) is 0.345. The lowest BCUT2D eigenvalue weighted by Gasteiger charge is -2.40. The van der Waals surface area contributed by atoms with Crippen molar-refractivity contribution in [2.75, 3.05) is 20.1 Å². The molecular formula is C29H33N5O2. The molecule has 0 saturated carbocycles. The van der Waals surface area contributed by atoms with Gasteiger partial charge in [-0.3, -0.25) is 14.3 Å². The van der Waals surface area contributed by atoms with Crippen LogP contribution in [0.2, 0.25) is 0 Å². The highest BCUT2D eigenvalue weighted by molar-refractivity contribution is 5.98. The highest BCUT2D eigenvalue weighted by Gasteiger charge is 2.33. The molecule has 1 aliphatic heterocycles. The molecule has 5 rings (SSSR count). The van der Waals surface area contributed by atoms with Gasteiger partial charge >= 0.3 is 0 Å². The first-order valence-corrected chi connectivity index (χ1v) is 12.6. The molecule has 0 spiro atoms. The standard InChI is InChI=1S/C29H33N5O2/c1-21-6-3-4-7-23(21)19-27(32(2)28(35)20-34-15-5-13-31-34)22-11-16-33(17-12-22)29(36)25-8-9-26-24(18-25)10-14-30-26/h3-10,13-15,18,22,27,30H,11-12,16-17,19-20H2,1-2H3/t27-/m0/s1. The van der Waals surface area contributed by atoms with Gasteiger partial charge in [0.25, 0.3) is 5.91 Å². The fourth-order valence-electron chi connectivity index (χ4n) is 5.37. The van der Waals surface area contributed by atoms with E-state index in [0.717, 1.165) is 35.7 Å². The van der Waals surface area contributed by atoms with Crippen LogP contribution < -0.4 is 0 Å². The molecule has 0 radical (unpaired) electrons. The lowest BCUT2D eigenvalue weighted by atomic mass is 9.84.